The summed E-state index contributed by atoms with van der Waals surface area (Å²) in [6, 6.07) is -0.342. The van der Waals surface area contributed by atoms with Gasteiger partial charge in [-0.2, -0.15) is 0 Å². The molecule has 2 amide bonds. The van der Waals surface area contributed by atoms with Crippen LogP contribution in [0.15, 0.2) is 0 Å². The second-order valence-corrected chi connectivity index (χ2v) is 5.71. The van der Waals surface area contributed by atoms with E-state index < -0.39 is 0 Å². The molecule has 0 aromatic rings. The first-order valence-electron chi connectivity index (χ1n) is 5.80. The maximum atomic E-state index is 11.7. The smallest absolute Gasteiger partial charge is 0.242 e. The van der Waals surface area contributed by atoms with Crippen molar-refractivity contribution in [2.75, 3.05) is 13.1 Å². The van der Waals surface area contributed by atoms with Crippen LogP contribution in [0, 0.1) is 11.3 Å². The maximum absolute atomic E-state index is 11.7. The lowest BCUT2D eigenvalue weighted by molar-refractivity contribution is -0.145. The van der Waals surface area contributed by atoms with Crippen molar-refractivity contribution in [2.24, 2.45) is 11.3 Å². The largest absolute Gasteiger partial charge is 0.345 e. The summed E-state index contributed by atoms with van der Waals surface area (Å²) in [6.45, 7) is 11.1. The summed E-state index contributed by atoms with van der Waals surface area (Å²) >= 11 is 0. The van der Waals surface area contributed by atoms with Gasteiger partial charge in [0.2, 0.25) is 11.8 Å². The highest BCUT2D eigenvalue weighted by Crippen LogP contribution is 2.26. The molecule has 0 aromatic carbocycles. The van der Waals surface area contributed by atoms with Crippen LogP contribution in [-0.2, 0) is 9.59 Å². The van der Waals surface area contributed by atoms with E-state index >= 15 is 0 Å². The van der Waals surface area contributed by atoms with Gasteiger partial charge in [0.15, 0.2) is 0 Å². The van der Waals surface area contributed by atoms with Crippen LogP contribution >= 0.6 is 0 Å². The van der Waals surface area contributed by atoms with Gasteiger partial charge >= 0.3 is 0 Å². The maximum Gasteiger partial charge on any atom is 0.242 e. The molecule has 92 valence electrons. The third kappa shape index (κ3) is 2.74. The molecule has 0 aliphatic carbocycles. The number of hydrogen-bond acceptors (Lipinski definition) is 2. The zero-order chi connectivity index (χ0) is 12.5. The zero-order valence-corrected chi connectivity index (χ0v) is 10.8. The average Bonchev–Trinajstić information content (AvgIpc) is 2.17. The van der Waals surface area contributed by atoms with Crippen LogP contribution in [0.1, 0.15) is 34.6 Å². The first-order valence-corrected chi connectivity index (χ1v) is 5.80. The Morgan fingerprint density at radius 1 is 1.44 bits per heavy atom. The predicted octanol–water partition coefficient (Wildman–Crippen LogP) is 1.02. The number of rotatable bonds is 2. The van der Waals surface area contributed by atoms with E-state index in [1.165, 1.54) is 0 Å². The molecular weight excluding hydrogens is 204 g/mol. The fourth-order valence-electron chi connectivity index (χ4n) is 1.60. The van der Waals surface area contributed by atoms with E-state index in [1.54, 1.807) is 11.8 Å². The van der Waals surface area contributed by atoms with E-state index in [0.29, 0.717) is 12.5 Å². The molecule has 0 spiro atoms. The Bertz CT molecular complexity index is 294. The lowest BCUT2D eigenvalue weighted by Crippen LogP contribution is -2.58. The normalized spacial score (nSPS) is 24.3. The van der Waals surface area contributed by atoms with Gasteiger partial charge in [-0.1, -0.05) is 27.7 Å². The van der Waals surface area contributed by atoms with Gasteiger partial charge in [-0.3, -0.25) is 9.59 Å². The van der Waals surface area contributed by atoms with Crippen molar-refractivity contribution in [3.63, 3.8) is 0 Å². The minimum absolute atomic E-state index is 0.0169. The minimum Gasteiger partial charge on any atom is -0.345 e. The highest BCUT2D eigenvalue weighted by molar-refractivity contribution is 5.94. The van der Waals surface area contributed by atoms with Crippen molar-refractivity contribution in [1.29, 1.82) is 0 Å². The summed E-state index contributed by atoms with van der Waals surface area (Å²) in [5.41, 5.74) is 0.147. The molecule has 1 aliphatic rings. The summed E-state index contributed by atoms with van der Waals surface area (Å²) in [7, 11) is 0. The van der Waals surface area contributed by atoms with Crippen LogP contribution in [0.5, 0.6) is 0 Å². The topological polar surface area (TPSA) is 49.4 Å². The number of nitrogens with zero attached hydrogens (tertiary/aromatic N) is 1. The van der Waals surface area contributed by atoms with Crippen molar-refractivity contribution in [3.05, 3.63) is 0 Å². The Morgan fingerprint density at radius 3 is 2.50 bits per heavy atom. The molecule has 0 aromatic heterocycles. The Balaban J connectivity index is 2.71. The Labute approximate surface area is 97.4 Å². The van der Waals surface area contributed by atoms with Crippen LogP contribution in [0.4, 0.5) is 0 Å². The molecule has 1 fully saturated rings. The number of nitrogens with one attached hydrogen (secondary N) is 1. The Hall–Kier alpha value is -1.06. The molecule has 1 heterocycles. The fraction of sp³-hybridized carbons (Fsp3) is 0.833. The van der Waals surface area contributed by atoms with Crippen LogP contribution in [0.25, 0.3) is 0 Å². The average molecular weight is 226 g/mol. The minimum atomic E-state index is -0.342. The number of carbonyl (C=O) groups is 2. The standard InChI is InChI=1S/C12H22N2O2/c1-8(12(3,4)5)7-14-9(2)11(16)13-6-10(14)15/h8-9H,6-7H2,1-5H3,(H,13,16). The molecule has 2 unspecified atom stereocenters. The summed E-state index contributed by atoms with van der Waals surface area (Å²) in [5, 5.41) is 2.59. The van der Waals surface area contributed by atoms with Crippen molar-refractivity contribution in [1.82, 2.24) is 10.2 Å². The molecular formula is C12H22N2O2. The molecule has 1 rings (SSSR count). The van der Waals surface area contributed by atoms with E-state index in [9.17, 15) is 9.59 Å². The van der Waals surface area contributed by atoms with Gasteiger partial charge in [0.25, 0.3) is 0 Å². The second-order valence-electron chi connectivity index (χ2n) is 5.71. The van der Waals surface area contributed by atoms with Gasteiger partial charge in [-0.15, -0.1) is 0 Å². The Kier molecular flexibility index (Phi) is 3.61. The van der Waals surface area contributed by atoms with Gasteiger partial charge in [0, 0.05) is 6.54 Å². The van der Waals surface area contributed by atoms with Crippen LogP contribution in [0.2, 0.25) is 0 Å². The summed E-state index contributed by atoms with van der Waals surface area (Å²) in [4.78, 5) is 24.9. The molecule has 1 saturated heterocycles. The molecule has 0 radical (unpaired) electrons. The van der Waals surface area contributed by atoms with E-state index in [1.807, 2.05) is 0 Å². The molecule has 4 nitrogen and oxygen atoms in total. The number of hydrogen-bond donors (Lipinski definition) is 1. The van der Waals surface area contributed by atoms with Gasteiger partial charge in [-0.25, -0.2) is 0 Å². The summed E-state index contributed by atoms with van der Waals surface area (Å²) in [6.07, 6.45) is 0. The van der Waals surface area contributed by atoms with Crippen molar-refractivity contribution >= 4 is 11.8 Å². The van der Waals surface area contributed by atoms with E-state index in [4.69, 9.17) is 0 Å². The molecule has 1 N–H and O–H groups in total. The van der Waals surface area contributed by atoms with Crippen molar-refractivity contribution in [2.45, 2.75) is 40.7 Å². The molecule has 16 heavy (non-hydrogen) atoms. The zero-order valence-electron chi connectivity index (χ0n) is 10.8. The third-order valence-corrected chi connectivity index (χ3v) is 3.53. The van der Waals surface area contributed by atoms with Gasteiger partial charge in [-0.05, 0) is 18.3 Å². The van der Waals surface area contributed by atoms with Crippen molar-refractivity contribution in [3.8, 4) is 0 Å². The third-order valence-electron chi connectivity index (χ3n) is 3.53. The Morgan fingerprint density at radius 2 is 2.00 bits per heavy atom. The molecule has 1 aliphatic heterocycles. The molecule has 0 bridgehead atoms. The van der Waals surface area contributed by atoms with E-state index in [0.717, 1.165) is 0 Å². The highest BCUT2D eigenvalue weighted by Gasteiger charge is 2.33. The quantitative estimate of drug-likeness (QED) is 0.764. The fourth-order valence-corrected chi connectivity index (χ4v) is 1.60. The first kappa shape index (κ1) is 13.0. The second kappa shape index (κ2) is 4.44. The van der Waals surface area contributed by atoms with Gasteiger partial charge in [0.05, 0.1) is 6.54 Å². The number of piperazine rings is 1. The van der Waals surface area contributed by atoms with E-state index in [-0.39, 0.29) is 29.8 Å². The number of carbonyl (C=O) groups excluding carboxylic acids is 2. The van der Waals surface area contributed by atoms with Gasteiger partial charge < -0.3 is 10.2 Å². The van der Waals surface area contributed by atoms with Crippen molar-refractivity contribution < 1.29 is 9.59 Å². The van der Waals surface area contributed by atoms with Crippen LogP contribution in [0.3, 0.4) is 0 Å². The monoisotopic (exact) mass is 226 g/mol. The lowest BCUT2D eigenvalue weighted by atomic mass is 9.81. The highest BCUT2D eigenvalue weighted by atomic mass is 16.2. The molecule has 0 saturated carbocycles. The van der Waals surface area contributed by atoms with E-state index in [2.05, 4.69) is 33.0 Å². The summed E-state index contributed by atoms with van der Waals surface area (Å²) < 4.78 is 0. The molecule has 4 heteroatoms. The first-order chi connectivity index (χ1) is 7.23. The van der Waals surface area contributed by atoms with Gasteiger partial charge in [0.1, 0.15) is 6.04 Å². The SMILES string of the molecule is CC1C(=O)NCC(=O)N1CC(C)C(C)(C)C. The van der Waals surface area contributed by atoms with Crippen LogP contribution < -0.4 is 5.32 Å². The number of amides is 2. The van der Waals surface area contributed by atoms with Crippen LogP contribution in [-0.4, -0.2) is 35.8 Å². The predicted molar refractivity (Wildman–Crippen MR) is 62.8 cm³/mol. The summed E-state index contributed by atoms with van der Waals surface area (Å²) in [5.74, 6) is 0.328. The molecule has 2 atom stereocenters. The lowest BCUT2D eigenvalue weighted by Gasteiger charge is -2.38.